The van der Waals surface area contributed by atoms with Gasteiger partial charge in [-0.1, -0.05) is 51.3 Å². The van der Waals surface area contributed by atoms with Gasteiger partial charge in [-0.15, -0.1) is 0 Å². The monoisotopic (exact) mass is 506 g/mol. The van der Waals surface area contributed by atoms with E-state index in [1.807, 2.05) is 26.0 Å². The van der Waals surface area contributed by atoms with Gasteiger partial charge < -0.3 is 14.2 Å². The minimum Gasteiger partial charge on any atom is -0.491 e. The van der Waals surface area contributed by atoms with Crippen LogP contribution >= 0.6 is 0 Å². The first-order valence-electron chi connectivity index (χ1n) is 13.8. The van der Waals surface area contributed by atoms with E-state index >= 15 is 0 Å². The normalized spacial score (nSPS) is 18.9. The minimum absolute atomic E-state index is 0.167. The zero-order valence-corrected chi connectivity index (χ0v) is 22.6. The summed E-state index contributed by atoms with van der Waals surface area (Å²) in [6, 6.07) is 14.9. The molecule has 1 saturated carbocycles. The fraction of sp³-hybridized carbons (Fsp3) is 0.500. The van der Waals surface area contributed by atoms with E-state index in [9.17, 15) is 9.59 Å². The number of hydrogen-bond acceptors (Lipinski definition) is 5. The summed E-state index contributed by atoms with van der Waals surface area (Å²) in [5.41, 5.74) is 1.80. The van der Waals surface area contributed by atoms with Crippen LogP contribution in [-0.2, 0) is 9.53 Å². The van der Waals surface area contributed by atoms with Gasteiger partial charge in [0.1, 0.15) is 17.6 Å². The summed E-state index contributed by atoms with van der Waals surface area (Å²) in [5, 5.41) is 0. The molecule has 0 N–H and O–H groups in total. The Morgan fingerprint density at radius 1 is 0.919 bits per heavy atom. The average Bonchev–Trinajstić information content (AvgIpc) is 2.90. The highest BCUT2D eigenvalue weighted by Crippen LogP contribution is 2.38. The molecule has 5 heteroatoms. The highest BCUT2D eigenvalue weighted by atomic mass is 16.5. The number of rotatable bonds is 13. The molecule has 0 spiro atoms. The summed E-state index contributed by atoms with van der Waals surface area (Å²) in [6.45, 7) is 9.38. The highest BCUT2D eigenvalue weighted by molar-refractivity contribution is 5.91. The second-order valence-corrected chi connectivity index (χ2v) is 10.3. The lowest BCUT2D eigenvalue weighted by Crippen LogP contribution is -2.22. The molecule has 1 aliphatic carbocycles. The van der Waals surface area contributed by atoms with Crippen molar-refractivity contribution < 1.29 is 23.8 Å². The third kappa shape index (κ3) is 9.38. The van der Waals surface area contributed by atoms with Crippen molar-refractivity contribution in [3.8, 4) is 11.5 Å². The maximum atomic E-state index is 12.6. The lowest BCUT2D eigenvalue weighted by Gasteiger charge is -2.29. The molecule has 0 aliphatic heterocycles. The van der Waals surface area contributed by atoms with Gasteiger partial charge in [0.05, 0.1) is 11.7 Å². The van der Waals surface area contributed by atoms with E-state index in [2.05, 4.69) is 25.6 Å². The summed E-state index contributed by atoms with van der Waals surface area (Å²) in [5.74, 6) is 1.85. The number of carbonyl (C=O) groups is 2. The molecular formula is C32H42O5. The third-order valence-electron chi connectivity index (χ3n) is 7.20. The first-order valence-corrected chi connectivity index (χ1v) is 13.8. The molecule has 2 aromatic rings. The predicted molar refractivity (Wildman–Crippen MR) is 147 cm³/mol. The molecule has 0 bridgehead atoms. The van der Waals surface area contributed by atoms with Gasteiger partial charge in [-0.2, -0.15) is 0 Å². The van der Waals surface area contributed by atoms with Gasteiger partial charge in [0.25, 0.3) is 0 Å². The quantitative estimate of drug-likeness (QED) is 0.119. The van der Waals surface area contributed by atoms with Crippen molar-refractivity contribution in [2.45, 2.75) is 96.7 Å². The molecule has 0 amide bonds. The fourth-order valence-electron chi connectivity index (χ4n) is 5.15. The number of unbranched alkanes of at least 4 members (excludes halogenated alkanes) is 2. The third-order valence-corrected chi connectivity index (χ3v) is 7.20. The van der Waals surface area contributed by atoms with Crippen molar-refractivity contribution in [1.29, 1.82) is 0 Å². The molecule has 37 heavy (non-hydrogen) atoms. The lowest BCUT2D eigenvalue weighted by molar-refractivity contribution is -0.143. The zero-order chi connectivity index (χ0) is 26.6. The van der Waals surface area contributed by atoms with Gasteiger partial charge in [-0.25, -0.2) is 9.59 Å². The van der Waals surface area contributed by atoms with Crippen molar-refractivity contribution in [3.63, 3.8) is 0 Å². The van der Waals surface area contributed by atoms with E-state index in [4.69, 9.17) is 14.2 Å². The van der Waals surface area contributed by atoms with Crippen molar-refractivity contribution in [2.75, 3.05) is 0 Å². The van der Waals surface area contributed by atoms with Gasteiger partial charge in [-0.05, 0) is 93.3 Å². The van der Waals surface area contributed by atoms with Crippen LogP contribution in [-0.4, -0.2) is 24.1 Å². The van der Waals surface area contributed by atoms with Crippen LogP contribution < -0.4 is 9.47 Å². The smallest absolute Gasteiger partial charge is 0.343 e. The van der Waals surface area contributed by atoms with Crippen LogP contribution in [0.2, 0.25) is 0 Å². The van der Waals surface area contributed by atoms with Crippen LogP contribution in [0.5, 0.6) is 11.5 Å². The first-order chi connectivity index (χ1) is 17.9. The molecule has 5 nitrogen and oxygen atoms in total. The standard InChI is InChI=1S/C32H42O5/c1-5-7-8-9-25-10-12-26(13-11-25)27-14-18-30(19-15-27)37-32(34)28-16-20-29(21-17-28)35-23(3)22-24(4)36-31(33)6-2/h6,14-21,23-26H,2,5,7-13,22H2,1,3-4H3/t23-,24+,25?,26?/m0/s1. The van der Waals surface area contributed by atoms with E-state index in [0.29, 0.717) is 29.4 Å². The van der Waals surface area contributed by atoms with Gasteiger partial charge in [-0.3, -0.25) is 0 Å². The first kappa shape index (κ1) is 28.5. The van der Waals surface area contributed by atoms with Gasteiger partial charge >= 0.3 is 11.9 Å². The Morgan fingerprint density at radius 3 is 2.19 bits per heavy atom. The maximum Gasteiger partial charge on any atom is 0.343 e. The number of hydrogen-bond donors (Lipinski definition) is 0. The summed E-state index contributed by atoms with van der Waals surface area (Å²) in [4.78, 5) is 23.9. The van der Waals surface area contributed by atoms with Crippen molar-refractivity contribution in [2.24, 2.45) is 5.92 Å². The van der Waals surface area contributed by atoms with Crippen LogP contribution in [0.3, 0.4) is 0 Å². The second-order valence-electron chi connectivity index (χ2n) is 10.3. The fourth-order valence-corrected chi connectivity index (χ4v) is 5.15. The predicted octanol–water partition coefficient (Wildman–Crippen LogP) is 8.04. The Labute approximate surface area is 222 Å². The summed E-state index contributed by atoms with van der Waals surface area (Å²) in [7, 11) is 0. The number of benzene rings is 2. The maximum absolute atomic E-state index is 12.6. The molecule has 3 rings (SSSR count). The molecule has 2 atom stereocenters. The van der Waals surface area contributed by atoms with Gasteiger partial charge in [0.2, 0.25) is 0 Å². The van der Waals surface area contributed by atoms with E-state index in [1.54, 1.807) is 24.3 Å². The summed E-state index contributed by atoms with van der Waals surface area (Å²) < 4.78 is 16.7. The zero-order valence-electron chi connectivity index (χ0n) is 22.6. The Morgan fingerprint density at radius 2 is 1.57 bits per heavy atom. The Kier molecular flexibility index (Phi) is 11.2. The largest absolute Gasteiger partial charge is 0.491 e. The van der Waals surface area contributed by atoms with Crippen LogP contribution in [0.1, 0.15) is 100 Å². The Bertz CT molecular complexity index is 987. The molecule has 0 aromatic heterocycles. The Balaban J connectivity index is 1.45. The molecular weight excluding hydrogens is 464 g/mol. The van der Waals surface area contributed by atoms with Gasteiger partial charge in [0.15, 0.2) is 0 Å². The van der Waals surface area contributed by atoms with E-state index in [-0.39, 0.29) is 12.2 Å². The topological polar surface area (TPSA) is 61.8 Å². The average molecular weight is 507 g/mol. The number of esters is 2. The van der Waals surface area contributed by atoms with Crippen molar-refractivity contribution >= 4 is 11.9 Å². The SMILES string of the molecule is C=CC(=O)O[C@H](C)C[C@H](C)Oc1ccc(C(=O)Oc2ccc(C3CCC(CCCCC)CC3)cc2)cc1. The van der Waals surface area contributed by atoms with E-state index in [1.165, 1.54) is 56.9 Å². The van der Waals surface area contributed by atoms with Crippen LogP contribution in [0.15, 0.2) is 61.2 Å². The highest BCUT2D eigenvalue weighted by Gasteiger charge is 2.22. The minimum atomic E-state index is -0.447. The molecule has 0 heterocycles. The Hall–Kier alpha value is -3.08. The second kappa shape index (κ2) is 14.6. The number of carbonyl (C=O) groups excluding carboxylic acids is 2. The molecule has 0 saturated heterocycles. The lowest BCUT2D eigenvalue weighted by atomic mass is 9.77. The summed E-state index contributed by atoms with van der Waals surface area (Å²) in [6.07, 6.45) is 11.8. The molecule has 1 fully saturated rings. The molecule has 0 radical (unpaired) electrons. The molecule has 0 unspecified atom stereocenters. The van der Waals surface area contributed by atoms with E-state index < -0.39 is 11.9 Å². The molecule has 200 valence electrons. The molecule has 1 aliphatic rings. The van der Waals surface area contributed by atoms with Gasteiger partial charge in [0, 0.05) is 12.5 Å². The van der Waals surface area contributed by atoms with Crippen LogP contribution in [0.25, 0.3) is 0 Å². The van der Waals surface area contributed by atoms with E-state index in [0.717, 1.165) is 12.0 Å². The number of ether oxygens (including phenoxy) is 3. The molecule has 2 aromatic carbocycles. The van der Waals surface area contributed by atoms with Crippen molar-refractivity contribution in [1.82, 2.24) is 0 Å². The summed E-state index contributed by atoms with van der Waals surface area (Å²) >= 11 is 0. The van der Waals surface area contributed by atoms with Crippen LogP contribution in [0, 0.1) is 5.92 Å². The van der Waals surface area contributed by atoms with Crippen LogP contribution in [0.4, 0.5) is 0 Å². The van der Waals surface area contributed by atoms with Crippen molar-refractivity contribution in [3.05, 3.63) is 72.3 Å².